The molecule has 2 N–H and O–H groups in total. The molecule has 0 unspecified atom stereocenters. The van der Waals surface area contributed by atoms with Gasteiger partial charge >= 0.3 is 0 Å². The Balaban J connectivity index is 2.10. The maximum atomic E-state index is 9.84. The molecule has 0 saturated heterocycles. The summed E-state index contributed by atoms with van der Waals surface area (Å²) in [7, 11) is 5.15. The Morgan fingerprint density at radius 3 is 2.25 bits per heavy atom. The summed E-state index contributed by atoms with van der Waals surface area (Å²) in [5.74, 6) is 1.40. The topological polar surface area (TPSA) is 75.7 Å². The Labute approximate surface area is 164 Å². The lowest BCUT2D eigenvalue weighted by molar-refractivity contribution is -0.660. The second kappa shape index (κ2) is 8.37. The molecule has 0 fully saturated rings. The van der Waals surface area contributed by atoms with Crippen LogP contribution in [0.15, 0.2) is 42.7 Å². The van der Waals surface area contributed by atoms with E-state index in [-0.39, 0.29) is 13.2 Å². The number of rotatable bonds is 6. The summed E-state index contributed by atoms with van der Waals surface area (Å²) in [6, 6.07) is 9.33. The van der Waals surface area contributed by atoms with Crippen LogP contribution in [0.25, 0.3) is 22.5 Å². The number of aliphatic hydroxyl groups excluding tert-OH is 2. The Morgan fingerprint density at radius 1 is 0.964 bits per heavy atom. The standard InChI is InChI=1S/C22H25N2O4/c1-14-7-18(28-4)9-16(13-26)22(14)21-10-23-20(11-24(21)2)19-6-5-17(27-3)8-15(19)12-25/h5-11,25-26H,12-13H2,1-4H3/q+1. The van der Waals surface area contributed by atoms with Crippen molar-refractivity contribution in [3.63, 3.8) is 0 Å². The van der Waals surface area contributed by atoms with Gasteiger partial charge in [-0.2, -0.15) is 4.57 Å². The molecule has 0 aliphatic carbocycles. The molecule has 146 valence electrons. The van der Waals surface area contributed by atoms with E-state index in [4.69, 9.17) is 9.47 Å². The summed E-state index contributed by atoms with van der Waals surface area (Å²) in [4.78, 5) is 4.62. The van der Waals surface area contributed by atoms with Gasteiger partial charge in [0.05, 0.1) is 33.0 Å². The molecule has 2 aromatic carbocycles. The first-order chi connectivity index (χ1) is 13.5. The van der Waals surface area contributed by atoms with E-state index in [9.17, 15) is 10.2 Å². The van der Waals surface area contributed by atoms with Crippen LogP contribution in [0.4, 0.5) is 0 Å². The molecule has 1 aromatic heterocycles. The number of aliphatic hydroxyl groups is 2. The van der Waals surface area contributed by atoms with Crippen LogP contribution in [-0.2, 0) is 20.3 Å². The highest BCUT2D eigenvalue weighted by Gasteiger charge is 2.20. The van der Waals surface area contributed by atoms with E-state index in [0.29, 0.717) is 11.5 Å². The minimum Gasteiger partial charge on any atom is -0.497 e. The Morgan fingerprint density at radius 2 is 1.64 bits per heavy atom. The highest BCUT2D eigenvalue weighted by Crippen LogP contribution is 2.31. The van der Waals surface area contributed by atoms with Crippen LogP contribution in [0.3, 0.4) is 0 Å². The van der Waals surface area contributed by atoms with Gasteiger partial charge in [-0.05, 0) is 53.9 Å². The summed E-state index contributed by atoms with van der Waals surface area (Å²) in [6.45, 7) is 1.78. The van der Waals surface area contributed by atoms with Crippen molar-refractivity contribution >= 4 is 0 Å². The van der Waals surface area contributed by atoms with Crippen molar-refractivity contribution in [3.05, 3.63) is 59.4 Å². The van der Waals surface area contributed by atoms with Gasteiger partial charge in [-0.25, -0.2) is 4.98 Å². The van der Waals surface area contributed by atoms with Crippen LogP contribution >= 0.6 is 0 Å². The van der Waals surface area contributed by atoms with Crippen molar-refractivity contribution < 1.29 is 24.3 Å². The number of ether oxygens (including phenoxy) is 2. The molecule has 0 bridgehead atoms. The zero-order valence-electron chi connectivity index (χ0n) is 16.6. The number of benzene rings is 2. The second-order valence-corrected chi connectivity index (χ2v) is 6.59. The number of methoxy groups -OCH3 is 2. The minimum absolute atomic E-state index is 0.0950. The third kappa shape index (κ3) is 3.69. The second-order valence-electron chi connectivity index (χ2n) is 6.59. The molecule has 0 spiro atoms. The van der Waals surface area contributed by atoms with Gasteiger partial charge in [0.25, 0.3) is 0 Å². The van der Waals surface area contributed by atoms with E-state index < -0.39 is 0 Å². The molecule has 3 aromatic rings. The number of nitrogens with zero attached hydrogens (tertiary/aromatic N) is 2. The first-order valence-corrected chi connectivity index (χ1v) is 8.95. The normalized spacial score (nSPS) is 10.8. The monoisotopic (exact) mass is 381 g/mol. The van der Waals surface area contributed by atoms with E-state index in [1.807, 2.05) is 55.1 Å². The molecule has 0 amide bonds. The minimum atomic E-state index is -0.105. The Hall–Kier alpha value is -2.96. The summed E-state index contributed by atoms with van der Waals surface area (Å²) in [5, 5.41) is 19.6. The van der Waals surface area contributed by atoms with Gasteiger partial charge in [-0.15, -0.1) is 0 Å². The van der Waals surface area contributed by atoms with Gasteiger partial charge in [0.1, 0.15) is 30.4 Å². The quantitative estimate of drug-likeness (QED) is 0.642. The fourth-order valence-electron chi connectivity index (χ4n) is 3.40. The highest BCUT2D eigenvalue weighted by atomic mass is 16.5. The first-order valence-electron chi connectivity index (χ1n) is 8.95. The zero-order chi connectivity index (χ0) is 20.3. The molecule has 28 heavy (non-hydrogen) atoms. The molecule has 1 heterocycles. The summed E-state index contributed by atoms with van der Waals surface area (Å²) in [6.07, 6.45) is 3.70. The lowest BCUT2D eigenvalue weighted by Gasteiger charge is -2.13. The number of hydrogen-bond acceptors (Lipinski definition) is 5. The van der Waals surface area contributed by atoms with Crippen LogP contribution in [0, 0.1) is 6.92 Å². The van der Waals surface area contributed by atoms with Crippen LogP contribution in [0.5, 0.6) is 11.5 Å². The Kier molecular flexibility index (Phi) is 5.92. The van der Waals surface area contributed by atoms with Crippen molar-refractivity contribution in [1.82, 2.24) is 4.98 Å². The van der Waals surface area contributed by atoms with Crippen LogP contribution in [-0.4, -0.2) is 29.4 Å². The molecule has 0 saturated carbocycles. The van der Waals surface area contributed by atoms with Crippen molar-refractivity contribution in [2.75, 3.05) is 14.2 Å². The van der Waals surface area contributed by atoms with E-state index in [1.54, 1.807) is 20.4 Å². The van der Waals surface area contributed by atoms with Gasteiger partial charge in [-0.3, -0.25) is 0 Å². The number of aromatic nitrogens is 2. The van der Waals surface area contributed by atoms with E-state index in [1.165, 1.54) is 0 Å². The lowest BCUT2D eigenvalue weighted by atomic mass is 9.98. The van der Waals surface area contributed by atoms with E-state index in [2.05, 4.69) is 4.98 Å². The first kappa shape index (κ1) is 19.8. The van der Waals surface area contributed by atoms with Gasteiger partial charge < -0.3 is 19.7 Å². The molecule has 0 aliphatic heterocycles. The van der Waals surface area contributed by atoms with Crippen LogP contribution < -0.4 is 14.0 Å². The molecular formula is C22H25N2O4+. The van der Waals surface area contributed by atoms with Gasteiger partial charge in [0, 0.05) is 5.56 Å². The summed E-state index contributed by atoms with van der Waals surface area (Å²) >= 11 is 0. The van der Waals surface area contributed by atoms with Crippen molar-refractivity contribution in [3.8, 4) is 34.0 Å². The fraction of sp³-hybridized carbons (Fsp3) is 0.273. The number of hydrogen-bond donors (Lipinski definition) is 2. The smallest absolute Gasteiger partial charge is 0.231 e. The van der Waals surface area contributed by atoms with Crippen LogP contribution in [0.2, 0.25) is 0 Å². The van der Waals surface area contributed by atoms with Crippen molar-refractivity contribution in [1.29, 1.82) is 0 Å². The number of aryl methyl sites for hydroxylation is 2. The summed E-state index contributed by atoms with van der Waals surface area (Å²) < 4.78 is 12.5. The van der Waals surface area contributed by atoms with Crippen molar-refractivity contribution in [2.45, 2.75) is 20.1 Å². The average molecular weight is 381 g/mol. The molecule has 6 nitrogen and oxygen atoms in total. The molecule has 0 radical (unpaired) electrons. The fourth-order valence-corrected chi connectivity index (χ4v) is 3.40. The predicted molar refractivity (Wildman–Crippen MR) is 106 cm³/mol. The van der Waals surface area contributed by atoms with Crippen LogP contribution in [0.1, 0.15) is 16.7 Å². The zero-order valence-corrected chi connectivity index (χ0v) is 16.6. The lowest BCUT2D eigenvalue weighted by Crippen LogP contribution is -2.32. The van der Waals surface area contributed by atoms with Gasteiger partial charge in [0.15, 0.2) is 6.20 Å². The molecule has 6 heteroatoms. The third-order valence-electron chi connectivity index (χ3n) is 4.83. The molecular weight excluding hydrogens is 356 g/mol. The molecule has 3 rings (SSSR count). The Bertz CT molecular complexity index is 1000. The molecule has 0 atom stereocenters. The van der Waals surface area contributed by atoms with E-state index in [0.717, 1.165) is 39.2 Å². The van der Waals surface area contributed by atoms with Gasteiger partial charge in [-0.1, -0.05) is 0 Å². The predicted octanol–water partition coefficient (Wildman–Crippen LogP) is 2.55. The largest absolute Gasteiger partial charge is 0.497 e. The third-order valence-corrected chi connectivity index (χ3v) is 4.83. The maximum Gasteiger partial charge on any atom is 0.231 e. The van der Waals surface area contributed by atoms with Crippen molar-refractivity contribution in [2.24, 2.45) is 7.05 Å². The SMILES string of the molecule is COc1ccc(-c2c[n+](C)c(-c3c(C)cc(OC)cc3CO)cn2)c(CO)c1. The summed E-state index contributed by atoms with van der Waals surface area (Å²) in [5.41, 5.74) is 5.93. The highest BCUT2D eigenvalue weighted by molar-refractivity contribution is 5.68. The van der Waals surface area contributed by atoms with E-state index >= 15 is 0 Å². The van der Waals surface area contributed by atoms with Gasteiger partial charge in [0.2, 0.25) is 5.69 Å². The molecule has 0 aliphatic rings. The maximum absolute atomic E-state index is 9.84. The average Bonchev–Trinajstić information content (AvgIpc) is 2.72.